The number of para-hydroxylation sites is 1. The van der Waals surface area contributed by atoms with E-state index in [2.05, 4.69) is 11.1 Å². The molecule has 1 heterocycles. The van der Waals surface area contributed by atoms with Crippen LogP contribution in [0, 0.1) is 5.41 Å². The number of benzene rings is 3. The van der Waals surface area contributed by atoms with E-state index < -0.39 is 0 Å². The Labute approximate surface area is 192 Å². The first-order chi connectivity index (χ1) is 15.6. The number of nitrogens with zero attached hydrogens (tertiary/aromatic N) is 1. The molecule has 0 aliphatic heterocycles. The first kappa shape index (κ1) is 21.8. The zero-order chi connectivity index (χ0) is 22.3. The zero-order valence-corrected chi connectivity index (χ0v) is 18.3. The molecular weight excluding hydrogens is 418 g/mol. The first-order valence-corrected chi connectivity index (χ1v) is 10.8. The lowest BCUT2D eigenvalue weighted by atomic mass is 9.96. The number of nitrogens with one attached hydrogen (secondary N) is 1. The van der Waals surface area contributed by atoms with Crippen molar-refractivity contribution in [2.24, 2.45) is 5.73 Å². The maximum Gasteiger partial charge on any atom is 0.130 e. The van der Waals surface area contributed by atoms with Crippen molar-refractivity contribution < 1.29 is 4.74 Å². The highest BCUT2D eigenvalue weighted by molar-refractivity contribution is 6.30. The molecule has 0 atom stereocenters. The van der Waals surface area contributed by atoms with Gasteiger partial charge in [-0.2, -0.15) is 0 Å². The fraction of sp³-hybridized carbons (Fsp3) is 0.111. The van der Waals surface area contributed by atoms with Gasteiger partial charge in [-0.3, -0.25) is 0 Å². The third kappa shape index (κ3) is 5.41. The summed E-state index contributed by atoms with van der Waals surface area (Å²) in [4.78, 5) is 4.65. The van der Waals surface area contributed by atoms with Crippen LogP contribution in [0.1, 0.15) is 23.2 Å². The van der Waals surface area contributed by atoms with Crippen LogP contribution >= 0.6 is 11.6 Å². The summed E-state index contributed by atoms with van der Waals surface area (Å²) in [6.07, 6.45) is 2.49. The van der Waals surface area contributed by atoms with Crippen molar-refractivity contribution in [3.63, 3.8) is 0 Å². The Morgan fingerprint density at radius 1 is 0.938 bits per heavy atom. The highest BCUT2D eigenvalue weighted by atomic mass is 35.5. The van der Waals surface area contributed by atoms with Crippen molar-refractivity contribution in [1.29, 1.82) is 5.41 Å². The maximum absolute atomic E-state index is 8.47. The van der Waals surface area contributed by atoms with Crippen molar-refractivity contribution in [3.05, 3.63) is 107 Å². The third-order valence-electron chi connectivity index (χ3n) is 5.11. The van der Waals surface area contributed by atoms with Gasteiger partial charge >= 0.3 is 0 Å². The van der Waals surface area contributed by atoms with Gasteiger partial charge in [-0.25, -0.2) is 4.98 Å². The van der Waals surface area contributed by atoms with E-state index in [0.717, 1.165) is 39.0 Å². The Morgan fingerprint density at radius 2 is 1.69 bits per heavy atom. The molecule has 0 spiro atoms. The van der Waals surface area contributed by atoms with Crippen LogP contribution in [0.25, 0.3) is 22.6 Å². The number of nitrogens with two attached hydrogens (primary N) is 1. The van der Waals surface area contributed by atoms with Gasteiger partial charge in [0.2, 0.25) is 0 Å². The number of halogens is 1. The van der Waals surface area contributed by atoms with Crippen LogP contribution in [0.5, 0.6) is 5.75 Å². The van der Waals surface area contributed by atoms with Crippen LogP contribution in [0.2, 0.25) is 5.02 Å². The molecule has 160 valence electrons. The minimum Gasteiger partial charge on any atom is -0.487 e. The van der Waals surface area contributed by atoms with E-state index in [4.69, 9.17) is 27.5 Å². The van der Waals surface area contributed by atoms with Crippen LogP contribution in [-0.2, 0) is 6.61 Å². The quantitative estimate of drug-likeness (QED) is 0.246. The minimum absolute atomic E-state index is 0.390. The fourth-order valence-electron chi connectivity index (χ4n) is 3.43. The average Bonchev–Trinajstić information content (AvgIpc) is 2.83. The lowest BCUT2D eigenvalue weighted by Crippen LogP contribution is -2.09. The third-order valence-corrected chi connectivity index (χ3v) is 5.36. The van der Waals surface area contributed by atoms with E-state index in [0.29, 0.717) is 30.3 Å². The number of aromatic nitrogens is 1. The molecule has 3 aromatic carbocycles. The van der Waals surface area contributed by atoms with Gasteiger partial charge in [-0.15, -0.1) is 0 Å². The molecule has 0 unspecified atom stereocenters. The number of allylic oxidation sites excluding steroid dienone is 1. The molecule has 4 rings (SSSR count). The number of hydrogen-bond acceptors (Lipinski definition) is 4. The molecule has 0 fully saturated rings. The van der Waals surface area contributed by atoms with Crippen molar-refractivity contribution in [2.75, 3.05) is 6.54 Å². The summed E-state index contributed by atoms with van der Waals surface area (Å²) in [5, 5.41) is 10.3. The van der Waals surface area contributed by atoms with Gasteiger partial charge in [0.15, 0.2) is 0 Å². The van der Waals surface area contributed by atoms with Crippen molar-refractivity contribution in [3.8, 4) is 5.75 Å². The van der Waals surface area contributed by atoms with Gasteiger partial charge in [-0.05, 0) is 60.1 Å². The normalized spacial score (nSPS) is 11.5. The molecule has 0 amide bonds. The van der Waals surface area contributed by atoms with Gasteiger partial charge in [-0.1, -0.05) is 60.1 Å². The second-order valence-corrected chi connectivity index (χ2v) is 7.87. The first-order valence-electron chi connectivity index (χ1n) is 10.5. The predicted molar refractivity (Wildman–Crippen MR) is 133 cm³/mol. The van der Waals surface area contributed by atoms with Crippen LogP contribution in [0.3, 0.4) is 0 Å². The molecule has 4 nitrogen and oxygen atoms in total. The Bertz CT molecular complexity index is 1250. The molecule has 4 aromatic rings. The molecule has 0 bridgehead atoms. The lowest BCUT2D eigenvalue weighted by Gasteiger charge is -2.12. The number of hydrogen-bond donors (Lipinski definition) is 2. The Balaban J connectivity index is 1.51. The molecule has 3 N–H and O–H groups in total. The number of ether oxygens (including phenoxy) is 1. The van der Waals surface area contributed by atoms with Crippen LogP contribution in [-0.4, -0.2) is 17.2 Å². The Hall–Kier alpha value is -3.47. The van der Waals surface area contributed by atoms with Crippen molar-refractivity contribution in [1.82, 2.24) is 4.98 Å². The van der Waals surface area contributed by atoms with E-state index in [1.807, 2.05) is 84.9 Å². The lowest BCUT2D eigenvalue weighted by molar-refractivity contribution is 0.302. The minimum atomic E-state index is 0.390. The largest absolute Gasteiger partial charge is 0.487 e. The molecular formula is C27H24ClN3O. The smallest absolute Gasteiger partial charge is 0.130 e. The van der Waals surface area contributed by atoms with Gasteiger partial charge in [0.1, 0.15) is 12.4 Å². The van der Waals surface area contributed by atoms with Crippen molar-refractivity contribution in [2.45, 2.75) is 13.0 Å². The van der Waals surface area contributed by atoms with E-state index in [9.17, 15) is 0 Å². The van der Waals surface area contributed by atoms with Crippen LogP contribution in [0.4, 0.5) is 0 Å². The molecule has 0 saturated carbocycles. The van der Waals surface area contributed by atoms with Gasteiger partial charge in [0, 0.05) is 28.1 Å². The highest BCUT2D eigenvalue weighted by Gasteiger charge is 2.09. The Morgan fingerprint density at radius 3 is 2.44 bits per heavy atom. The van der Waals surface area contributed by atoms with Crippen LogP contribution in [0.15, 0.2) is 84.9 Å². The molecule has 1 aromatic heterocycles. The predicted octanol–water partition coefficient (Wildman–Crippen LogP) is 6.38. The van der Waals surface area contributed by atoms with E-state index >= 15 is 0 Å². The zero-order valence-electron chi connectivity index (χ0n) is 17.6. The van der Waals surface area contributed by atoms with Gasteiger partial charge in [0.05, 0.1) is 11.2 Å². The Kier molecular flexibility index (Phi) is 6.95. The van der Waals surface area contributed by atoms with Crippen LogP contribution < -0.4 is 10.5 Å². The molecule has 0 aliphatic carbocycles. The molecule has 5 heteroatoms. The monoisotopic (exact) mass is 441 g/mol. The molecule has 0 saturated heterocycles. The summed E-state index contributed by atoms with van der Waals surface area (Å²) in [7, 11) is 0. The summed E-state index contributed by atoms with van der Waals surface area (Å²) >= 11 is 6.00. The second kappa shape index (κ2) is 10.2. The number of rotatable bonds is 8. The average molecular weight is 442 g/mol. The summed E-state index contributed by atoms with van der Waals surface area (Å²) in [6.45, 7) is 0.817. The molecule has 32 heavy (non-hydrogen) atoms. The summed E-state index contributed by atoms with van der Waals surface area (Å²) in [6, 6.07) is 27.4. The second-order valence-electron chi connectivity index (χ2n) is 7.44. The van der Waals surface area contributed by atoms with E-state index in [-0.39, 0.29) is 0 Å². The highest BCUT2D eigenvalue weighted by Crippen LogP contribution is 2.24. The summed E-state index contributed by atoms with van der Waals surface area (Å²) < 4.78 is 5.94. The summed E-state index contributed by atoms with van der Waals surface area (Å²) in [5.74, 6) is 0.750. The van der Waals surface area contributed by atoms with Crippen molar-refractivity contribution >= 4 is 39.9 Å². The fourth-order valence-corrected chi connectivity index (χ4v) is 3.55. The standard InChI is InChI=1S/C27H24ClN3O/c28-22-10-5-19(6-11-22)17-25(26(30)15-16-29)20-8-13-24(14-9-20)32-18-23-12-7-21-3-1-2-4-27(21)31-23/h1-14,17,30H,15-16,18,29H2/b25-17+,30-26?. The summed E-state index contributed by atoms with van der Waals surface area (Å²) in [5.41, 5.74) is 10.8. The SMILES string of the molecule is N=C(CCN)/C(=C/c1ccc(Cl)cc1)c1ccc(OCc2ccc3ccccc3n2)cc1. The number of fused-ring (bicyclic) bond motifs is 1. The topological polar surface area (TPSA) is 72.0 Å². The van der Waals surface area contributed by atoms with Gasteiger partial charge in [0.25, 0.3) is 0 Å². The molecule has 0 aliphatic rings. The van der Waals surface area contributed by atoms with E-state index in [1.54, 1.807) is 0 Å². The van der Waals surface area contributed by atoms with E-state index in [1.165, 1.54) is 0 Å². The van der Waals surface area contributed by atoms with Gasteiger partial charge < -0.3 is 15.9 Å². The molecule has 0 radical (unpaired) electrons. The number of pyridine rings is 1. The maximum atomic E-state index is 8.47.